The van der Waals surface area contributed by atoms with E-state index in [9.17, 15) is 0 Å². The molecular weight excluding hydrogens is 492 g/mol. The summed E-state index contributed by atoms with van der Waals surface area (Å²) in [6, 6.07) is 15.8. The van der Waals surface area contributed by atoms with E-state index in [1.54, 1.807) is 12.4 Å². The zero-order chi connectivity index (χ0) is 21.4. The largest absolute Gasteiger partial charge is 1.00 e. The molecule has 0 aliphatic carbocycles. The van der Waals surface area contributed by atoms with Crippen molar-refractivity contribution < 1.29 is 40.8 Å². The van der Waals surface area contributed by atoms with Crippen molar-refractivity contribution in [3.05, 3.63) is 88.2 Å². The van der Waals surface area contributed by atoms with Crippen LogP contribution in [0.3, 0.4) is 0 Å². The van der Waals surface area contributed by atoms with E-state index >= 15 is 0 Å². The molecule has 165 valence electrons. The minimum Gasteiger partial charge on any atom is -1.00 e. The van der Waals surface area contributed by atoms with Crippen LogP contribution in [0.25, 0.3) is 0 Å². The Morgan fingerprint density at radius 1 is 0.806 bits per heavy atom. The molecule has 7 heteroatoms. The van der Waals surface area contributed by atoms with Gasteiger partial charge in [0, 0.05) is 23.7 Å². The van der Waals surface area contributed by atoms with Crippen LogP contribution in [0.15, 0.2) is 70.9 Å². The van der Waals surface area contributed by atoms with E-state index in [1.807, 2.05) is 57.2 Å². The number of benzene rings is 2. The van der Waals surface area contributed by atoms with Crippen LogP contribution in [-0.4, -0.2) is 15.3 Å². The Bertz CT molecular complexity index is 991. The fraction of sp³-hybridized carbons (Fsp3) is 0.208. The number of hydrogen-bond acceptors (Lipinski definition) is 3. The first-order chi connectivity index (χ1) is 13.8. The zero-order valence-electron chi connectivity index (χ0n) is 18.1. The Labute approximate surface area is 211 Å². The first-order valence-electron chi connectivity index (χ1n) is 9.26. The molecule has 3 rings (SSSR count). The van der Waals surface area contributed by atoms with Gasteiger partial charge in [-0.2, -0.15) is 0 Å². The fourth-order valence-electron chi connectivity index (χ4n) is 2.71. The maximum atomic E-state index is 6.14. The van der Waals surface area contributed by atoms with Crippen LogP contribution in [0.4, 0.5) is 11.4 Å². The maximum absolute atomic E-state index is 6.14. The van der Waals surface area contributed by atoms with Gasteiger partial charge in [0.25, 0.3) is 0 Å². The van der Waals surface area contributed by atoms with Gasteiger partial charge in [0.15, 0.2) is 0 Å². The van der Waals surface area contributed by atoms with Gasteiger partial charge in [-0.25, -0.2) is 0 Å². The molecule has 0 unspecified atom stereocenters. The number of aromatic nitrogens is 1. The minimum atomic E-state index is 0. The van der Waals surface area contributed by atoms with Crippen molar-refractivity contribution in [1.82, 2.24) is 4.98 Å². The van der Waals surface area contributed by atoms with Crippen molar-refractivity contribution in [1.29, 1.82) is 0 Å². The number of aliphatic imine (C=N–C) groups is 2. The molecule has 0 bridgehead atoms. The summed E-state index contributed by atoms with van der Waals surface area (Å²) < 4.78 is 0.854. The number of halogens is 3. The summed E-state index contributed by atoms with van der Waals surface area (Å²) in [6.45, 7) is 10.00. The van der Waals surface area contributed by atoms with Crippen LogP contribution in [-0.2, 0) is 16.0 Å². The molecule has 31 heavy (non-hydrogen) atoms. The Balaban J connectivity index is 0.000000575. The summed E-state index contributed by atoms with van der Waals surface area (Å²) in [5.74, 6) is 0. The number of hydrogen-bond donors (Lipinski definition) is 0. The van der Waals surface area contributed by atoms with E-state index in [4.69, 9.17) is 11.6 Å². The zero-order valence-corrected chi connectivity index (χ0v) is 21.5. The molecule has 0 aliphatic heterocycles. The van der Waals surface area contributed by atoms with E-state index in [2.05, 4.69) is 57.0 Å². The van der Waals surface area contributed by atoms with Gasteiger partial charge in [0.05, 0.1) is 10.7 Å². The number of para-hydroxylation sites is 2. The summed E-state index contributed by atoms with van der Waals surface area (Å²) in [5.41, 5.74) is 7.29. The first kappa shape index (κ1) is 29.3. The summed E-state index contributed by atoms with van der Waals surface area (Å²) in [4.78, 5) is 13.0. The van der Waals surface area contributed by atoms with Crippen LogP contribution >= 0.6 is 11.6 Å². The Hall–Kier alpha value is -1.68. The number of pyridine rings is 1. The first-order valence-corrected chi connectivity index (χ1v) is 10.2. The van der Waals surface area contributed by atoms with E-state index in [1.165, 1.54) is 11.1 Å². The predicted molar refractivity (Wildman–Crippen MR) is 121 cm³/mol. The number of rotatable bonds is 3. The average Bonchev–Trinajstić information content (AvgIpc) is 2.69. The third kappa shape index (κ3) is 9.14. The number of nitrogens with zero attached hydrogens (tertiary/aromatic N) is 3. The van der Waals surface area contributed by atoms with E-state index < -0.39 is 0 Å². The summed E-state index contributed by atoms with van der Waals surface area (Å²) in [5, 5.41) is 0.674. The summed E-state index contributed by atoms with van der Waals surface area (Å²) in [6.07, 6.45) is 3.54. The quantitative estimate of drug-likeness (QED) is 0.379. The molecule has 0 atom stereocenters. The second kappa shape index (κ2) is 14.4. The van der Waals surface area contributed by atoms with Gasteiger partial charge < -0.3 is 24.8 Å². The second-order valence-corrected chi connectivity index (χ2v) is 7.88. The van der Waals surface area contributed by atoms with Crippen LogP contribution in [0, 0.1) is 20.8 Å². The predicted octanol–water partition coefficient (Wildman–Crippen LogP) is 1.09. The van der Waals surface area contributed by atoms with Crippen LogP contribution in [0.2, 0.25) is 5.02 Å². The molecule has 0 fully saturated rings. The molecule has 3 aromatic rings. The monoisotopic (exact) mass is 516 g/mol. The van der Waals surface area contributed by atoms with Gasteiger partial charge in [0.2, 0.25) is 0 Å². The van der Waals surface area contributed by atoms with Gasteiger partial charge in [-0.05, 0) is 31.5 Å². The Morgan fingerprint density at radius 2 is 1.35 bits per heavy atom. The molecule has 0 amide bonds. The molecule has 0 spiro atoms. The summed E-state index contributed by atoms with van der Waals surface area (Å²) >= 11 is 9.90. The van der Waals surface area contributed by atoms with Crippen LogP contribution in [0.1, 0.15) is 36.1 Å². The van der Waals surface area contributed by atoms with Crippen molar-refractivity contribution >= 4 is 33.3 Å². The smallest absolute Gasteiger partial charge is 1.00 e. The standard InChI is InChI=1S/C14H13ClN2.C10H12N.2ClH.Fe/c1-10-5-3-7-13(15)14(10)17-11(2)12-6-4-8-16-9-12;1-4-11-10-8(2)6-5-7-9(10)3;;;/h3-9H,1-2H3;5-7H,1-3H3;2*1H;/q;;;;+2/p-2. The third-order valence-corrected chi connectivity index (χ3v) is 4.68. The Morgan fingerprint density at radius 3 is 1.84 bits per heavy atom. The number of aryl methyl sites for hydroxylation is 3. The van der Waals surface area contributed by atoms with Crippen molar-refractivity contribution in [3.63, 3.8) is 0 Å². The Kier molecular flexibility index (Phi) is 13.6. The van der Waals surface area contributed by atoms with Gasteiger partial charge in [-0.15, -0.1) is 0 Å². The normalized spacial score (nSPS) is 10.9. The molecule has 0 N–H and O–H groups in total. The van der Waals surface area contributed by atoms with Crippen LogP contribution in [0.5, 0.6) is 0 Å². The molecule has 0 saturated carbocycles. The van der Waals surface area contributed by atoms with Crippen molar-refractivity contribution in [2.75, 3.05) is 0 Å². The molecular formula is C24H25Cl3FeN3. The third-order valence-electron chi connectivity index (χ3n) is 4.25. The van der Waals surface area contributed by atoms with Gasteiger partial charge in [0.1, 0.15) is 0 Å². The topological polar surface area (TPSA) is 37.6 Å². The minimum absolute atomic E-state index is 0. The van der Waals surface area contributed by atoms with Gasteiger partial charge in [-0.3, -0.25) is 9.98 Å². The SMILES string of the molecule is CC(=Nc1c(C)cccc1Cl)c1cccnc1.C[C]([Fe+2])=Nc1c(C)cccc1C.[Cl-].[Cl-]. The molecule has 0 radical (unpaired) electrons. The molecule has 0 aliphatic rings. The van der Waals surface area contributed by atoms with Crippen molar-refractivity contribution in [3.8, 4) is 0 Å². The van der Waals surface area contributed by atoms with Gasteiger partial charge in [-0.1, -0.05) is 29.8 Å². The van der Waals surface area contributed by atoms with E-state index in [-0.39, 0.29) is 24.8 Å². The fourth-order valence-corrected chi connectivity index (χ4v) is 3.09. The van der Waals surface area contributed by atoms with Crippen molar-refractivity contribution in [2.45, 2.75) is 34.6 Å². The van der Waals surface area contributed by atoms with Crippen molar-refractivity contribution in [2.24, 2.45) is 9.98 Å². The second-order valence-electron chi connectivity index (χ2n) is 6.68. The summed E-state index contributed by atoms with van der Waals surface area (Å²) in [7, 11) is 0. The molecule has 0 saturated heterocycles. The molecule has 1 aromatic heterocycles. The average molecular weight is 518 g/mol. The van der Waals surface area contributed by atoms with Gasteiger partial charge >= 0.3 is 81.4 Å². The molecule has 1 heterocycles. The van der Waals surface area contributed by atoms with E-state index in [0.29, 0.717) is 5.02 Å². The molecule has 2 aromatic carbocycles. The van der Waals surface area contributed by atoms with E-state index in [0.717, 1.165) is 32.8 Å². The molecule has 3 nitrogen and oxygen atoms in total. The van der Waals surface area contributed by atoms with Crippen LogP contribution < -0.4 is 24.8 Å². The maximum Gasteiger partial charge on any atom is -1.00 e.